The molecule has 0 bridgehead atoms. The first kappa shape index (κ1) is 31.7. The largest absolute Gasteiger partial charge is 0.373 e. The second kappa shape index (κ2) is 15.7. The fourth-order valence-electron chi connectivity index (χ4n) is 3.34. The third-order valence-electron chi connectivity index (χ3n) is 5.16. The molecule has 202 valence electrons. The number of hydrogen-bond acceptors (Lipinski definition) is 6. The second-order valence-electron chi connectivity index (χ2n) is 8.66. The van der Waals surface area contributed by atoms with Gasteiger partial charge in [0.15, 0.2) is 0 Å². The van der Waals surface area contributed by atoms with E-state index in [0.717, 1.165) is 23.5 Å². The molecule has 0 radical (unpaired) electrons. The summed E-state index contributed by atoms with van der Waals surface area (Å²) in [6.45, 7) is 15.0. The van der Waals surface area contributed by atoms with Gasteiger partial charge in [0.1, 0.15) is 11.6 Å². The Bertz CT molecular complexity index is 1030. The number of fused-ring (bicyclic) bond motifs is 1. The lowest BCUT2D eigenvalue weighted by atomic mass is 10.1. The van der Waals surface area contributed by atoms with Crippen molar-refractivity contribution < 1.29 is 13.3 Å². The fourth-order valence-corrected chi connectivity index (χ4v) is 4.31. The van der Waals surface area contributed by atoms with E-state index in [4.69, 9.17) is 10.5 Å². The molecule has 0 fully saturated rings. The summed E-state index contributed by atoms with van der Waals surface area (Å²) >= 11 is 0. The van der Waals surface area contributed by atoms with E-state index in [1.54, 1.807) is 19.4 Å². The molecule has 0 saturated carbocycles. The quantitative estimate of drug-likeness (QED) is 0.274. The highest BCUT2D eigenvalue weighted by molar-refractivity contribution is 7.86. The van der Waals surface area contributed by atoms with Gasteiger partial charge in [0.25, 0.3) is 0 Å². The Kier molecular flexibility index (Phi) is 13.8. The number of nitrogens with zero attached hydrogens (tertiary/aromatic N) is 3. The topological polar surface area (TPSA) is 95.1 Å². The minimum atomic E-state index is -1.10. The number of hydrogen-bond donors (Lipinski definition) is 2. The van der Waals surface area contributed by atoms with E-state index >= 15 is 0 Å². The van der Waals surface area contributed by atoms with Gasteiger partial charge < -0.3 is 20.4 Å². The molecule has 1 aliphatic heterocycles. The van der Waals surface area contributed by atoms with E-state index in [0.29, 0.717) is 36.6 Å². The lowest BCUT2D eigenvalue weighted by Crippen LogP contribution is -2.28. The van der Waals surface area contributed by atoms with Gasteiger partial charge in [-0.3, -0.25) is 4.21 Å². The van der Waals surface area contributed by atoms with Crippen molar-refractivity contribution in [3.63, 3.8) is 0 Å². The molecule has 3 heterocycles. The summed E-state index contributed by atoms with van der Waals surface area (Å²) in [5, 5.41) is 3.11. The number of allylic oxidation sites excluding steroid dienone is 1. The molecular weight excluding hydrogens is 477 g/mol. The molecule has 0 aliphatic carbocycles. The molecule has 2 aromatic heterocycles. The Hall–Kier alpha value is -2.36. The van der Waals surface area contributed by atoms with Crippen molar-refractivity contribution >= 4 is 22.8 Å². The summed E-state index contributed by atoms with van der Waals surface area (Å²) in [7, 11) is 0.532. The third kappa shape index (κ3) is 8.94. The van der Waals surface area contributed by atoms with Crippen LogP contribution in [0.4, 0.5) is 10.2 Å². The molecule has 2 unspecified atom stereocenters. The maximum atomic E-state index is 14.3. The predicted octanol–water partition coefficient (Wildman–Crippen LogP) is 5.41. The highest BCUT2D eigenvalue weighted by Crippen LogP contribution is 2.28. The Morgan fingerprint density at radius 2 is 1.94 bits per heavy atom. The lowest BCUT2D eigenvalue weighted by Gasteiger charge is -2.23. The van der Waals surface area contributed by atoms with Crippen LogP contribution in [0.1, 0.15) is 60.7 Å². The van der Waals surface area contributed by atoms with Gasteiger partial charge in [0, 0.05) is 59.2 Å². The molecular formula is C27H44FN5O2S. The predicted molar refractivity (Wildman–Crippen MR) is 151 cm³/mol. The average Bonchev–Trinajstić information content (AvgIpc) is 3.23. The molecule has 9 heteroatoms. The van der Waals surface area contributed by atoms with Crippen LogP contribution in [0, 0.1) is 5.95 Å². The number of imidazole rings is 1. The minimum absolute atomic E-state index is 0.299. The van der Waals surface area contributed by atoms with E-state index in [2.05, 4.69) is 15.3 Å². The van der Waals surface area contributed by atoms with E-state index in [9.17, 15) is 8.60 Å². The average molecular weight is 522 g/mol. The lowest BCUT2D eigenvalue weighted by molar-refractivity contribution is 0.169. The van der Waals surface area contributed by atoms with E-state index in [1.807, 2.05) is 71.4 Å². The van der Waals surface area contributed by atoms with Crippen molar-refractivity contribution in [2.24, 2.45) is 5.73 Å². The standard InChI is InChI=1S/C23H32FN5O2S.2C2H6/c1-23(2,3)32(30)15-17-14-29-18(13-27-22(29)8-5-7-19(17)31-4)16-11-20(24)28-21(12-16)26-10-6-9-25;2*1-2/h5,7,11-14,19H,6,8-10,15,25H2,1-4H3,(H,26,28);2*1-2H3/b7-5?,17-14-;;. The highest BCUT2D eigenvalue weighted by Gasteiger charge is 2.25. The Labute approximate surface area is 218 Å². The van der Waals surface area contributed by atoms with Crippen LogP contribution in [0.5, 0.6) is 0 Å². The van der Waals surface area contributed by atoms with Crippen molar-refractivity contribution in [3.8, 4) is 11.3 Å². The van der Waals surface area contributed by atoms with E-state index < -0.39 is 16.7 Å². The minimum Gasteiger partial charge on any atom is -0.373 e. The third-order valence-corrected chi connectivity index (χ3v) is 7.12. The highest BCUT2D eigenvalue weighted by atomic mass is 32.2. The molecule has 36 heavy (non-hydrogen) atoms. The summed E-state index contributed by atoms with van der Waals surface area (Å²) in [6, 6.07) is 3.19. The number of rotatable bonds is 8. The monoisotopic (exact) mass is 521 g/mol. The number of ether oxygens (including phenoxy) is 1. The van der Waals surface area contributed by atoms with E-state index in [-0.39, 0.29) is 10.9 Å². The van der Waals surface area contributed by atoms with Crippen LogP contribution in [0.2, 0.25) is 0 Å². The van der Waals surface area contributed by atoms with Crippen LogP contribution >= 0.6 is 0 Å². The van der Waals surface area contributed by atoms with E-state index in [1.165, 1.54) is 6.07 Å². The van der Waals surface area contributed by atoms with Crippen molar-refractivity contribution in [1.29, 1.82) is 0 Å². The summed E-state index contributed by atoms with van der Waals surface area (Å²) in [5.41, 5.74) is 7.79. The molecule has 0 saturated heterocycles. The van der Waals surface area contributed by atoms with Crippen LogP contribution in [0.3, 0.4) is 0 Å². The first-order chi connectivity index (χ1) is 17.2. The zero-order valence-electron chi connectivity index (χ0n) is 23.1. The number of aromatic nitrogens is 3. The van der Waals surface area contributed by atoms with Crippen LogP contribution < -0.4 is 11.1 Å². The normalized spacial score (nSPS) is 17.2. The molecule has 0 aromatic carbocycles. The van der Waals surface area contributed by atoms with Crippen molar-refractivity contribution in [1.82, 2.24) is 14.5 Å². The van der Waals surface area contributed by atoms with Crippen molar-refractivity contribution in [2.75, 3.05) is 31.3 Å². The molecule has 0 amide bonds. The number of halogens is 1. The summed E-state index contributed by atoms with van der Waals surface area (Å²) in [4.78, 5) is 8.49. The summed E-state index contributed by atoms with van der Waals surface area (Å²) < 4.78 is 34.5. The van der Waals surface area contributed by atoms with Gasteiger partial charge in [-0.05, 0) is 45.4 Å². The SMILES string of the molecule is CC.CC.COC1C=CCc2ncc(-c3cc(F)nc(NCCCN)c3)n2/C=C\1CS(=O)C(C)(C)C. The molecule has 2 atom stereocenters. The van der Waals surface area contributed by atoms with Crippen LogP contribution in [-0.2, 0) is 22.0 Å². The number of nitrogens with one attached hydrogen (secondary N) is 1. The summed E-state index contributed by atoms with van der Waals surface area (Å²) in [5.74, 6) is 1.04. The first-order valence-corrected chi connectivity index (χ1v) is 14.0. The van der Waals surface area contributed by atoms with Gasteiger partial charge in [-0.1, -0.05) is 39.8 Å². The van der Waals surface area contributed by atoms with Gasteiger partial charge in [-0.2, -0.15) is 4.39 Å². The second-order valence-corrected chi connectivity index (χ2v) is 10.9. The van der Waals surface area contributed by atoms with Gasteiger partial charge in [0.2, 0.25) is 5.95 Å². The zero-order valence-corrected chi connectivity index (χ0v) is 23.9. The number of anilines is 1. The summed E-state index contributed by atoms with van der Waals surface area (Å²) in [6.07, 6.45) is 8.68. The number of pyridine rings is 1. The Morgan fingerprint density at radius 3 is 2.56 bits per heavy atom. The molecule has 1 aliphatic rings. The first-order valence-electron chi connectivity index (χ1n) is 12.7. The zero-order chi connectivity index (χ0) is 27.3. The maximum absolute atomic E-state index is 14.3. The van der Waals surface area contributed by atoms with Gasteiger partial charge in [0.05, 0.1) is 18.0 Å². The van der Waals surface area contributed by atoms with Gasteiger partial charge >= 0.3 is 0 Å². The van der Waals surface area contributed by atoms with Crippen LogP contribution in [0.25, 0.3) is 17.5 Å². The molecule has 3 rings (SSSR count). The van der Waals surface area contributed by atoms with Gasteiger partial charge in [-0.15, -0.1) is 0 Å². The van der Waals surface area contributed by atoms with Crippen LogP contribution in [-0.4, -0.2) is 55.5 Å². The number of methoxy groups -OCH3 is 1. The smallest absolute Gasteiger partial charge is 0.215 e. The van der Waals surface area contributed by atoms with Crippen LogP contribution in [0.15, 0.2) is 36.1 Å². The Morgan fingerprint density at radius 1 is 1.25 bits per heavy atom. The molecule has 2 aromatic rings. The molecule has 0 spiro atoms. The Balaban J connectivity index is 0.00000154. The molecule has 7 nitrogen and oxygen atoms in total. The number of nitrogens with two attached hydrogens (primary N) is 1. The van der Waals surface area contributed by atoms with Crippen molar-refractivity contribution in [2.45, 2.75) is 72.2 Å². The molecule has 3 N–H and O–H groups in total. The van der Waals surface area contributed by atoms with Gasteiger partial charge in [-0.25, -0.2) is 9.97 Å². The maximum Gasteiger partial charge on any atom is 0.215 e. The fraction of sp³-hybridized carbons (Fsp3) is 0.556. The van der Waals surface area contributed by atoms with Crippen molar-refractivity contribution in [3.05, 3.63) is 47.8 Å².